The zero-order valence-corrected chi connectivity index (χ0v) is 37.5. The molecule has 0 saturated heterocycles. The van der Waals surface area contributed by atoms with Crippen LogP contribution in [-0.4, -0.2) is 64.7 Å². The minimum Gasteiger partial charge on any atom is -0.413 e. The number of aryl methyl sites for hydroxylation is 1. The maximum absolute atomic E-state index is 14.0. The van der Waals surface area contributed by atoms with Crippen LogP contribution in [0.5, 0.6) is 0 Å². The molecule has 49 heavy (non-hydrogen) atoms. The number of rotatable bonds is 18. The van der Waals surface area contributed by atoms with Crippen molar-refractivity contribution in [3.05, 3.63) is 33.3 Å². The van der Waals surface area contributed by atoms with Gasteiger partial charge in [-0.25, -0.2) is 10.0 Å². The first-order valence-electron chi connectivity index (χ1n) is 18.1. The van der Waals surface area contributed by atoms with Crippen LogP contribution in [0.3, 0.4) is 0 Å². The summed E-state index contributed by atoms with van der Waals surface area (Å²) in [7, 11) is -1.24. The fourth-order valence-corrected chi connectivity index (χ4v) is 8.83. The van der Waals surface area contributed by atoms with E-state index >= 15 is 0 Å². The van der Waals surface area contributed by atoms with Gasteiger partial charge in [-0.2, -0.15) is 0 Å². The fourth-order valence-electron chi connectivity index (χ4n) is 5.44. The average molecular weight is 737 g/mol. The summed E-state index contributed by atoms with van der Waals surface area (Å²) in [6, 6.07) is 0. The predicted molar refractivity (Wildman–Crippen MR) is 214 cm³/mol. The van der Waals surface area contributed by atoms with E-state index in [-0.39, 0.29) is 39.9 Å². The smallest absolute Gasteiger partial charge is 0.258 e. The van der Waals surface area contributed by atoms with Gasteiger partial charge in [0.25, 0.3) is 5.91 Å². The van der Waals surface area contributed by atoms with Gasteiger partial charge in [0, 0.05) is 18.3 Å². The molecule has 0 aromatic carbocycles. The molecule has 0 N–H and O–H groups in total. The van der Waals surface area contributed by atoms with Crippen LogP contribution in [0.4, 0.5) is 0 Å². The van der Waals surface area contributed by atoms with Gasteiger partial charge in [-0.15, -0.1) is 11.3 Å². The summed E-state index contributed by atoms with van der Waals surface area (Å²) in [6.07, 6.45) is 7.92. The van der Waals surface area contributed by atoms with E-state index in [0.29, 0.717) is 0 Å². The molecule has 1 rings (SSSR count). The molecule has 0 radical (unpaired) electrons. The molecular formula is C39H72N2O5SSi2. The highest BCUT2D eigenvalue weighted by Crippen LogP contribution is 2.41. The molecule has 1 aromatic heterocycles. The highest BCUT2D eigenvalue weighted by molar-refractivity contribution is 7.09. The summed E-state index contributed by atoms with van der Waals surface area (Å²) in [5, 5.41) is 4.42. The molecule has 1 amide bonds. The van der Waals surface area contributed by atoms with Gasteiger partial charge in [0.1, 0.15) is 5.41 Å². The molecular weight excluding hydrogens is 665 g/mol. The second kappa shape index (κ2) is 17.9. The molecule has 0 bridgehead atoms. The minimum absolute atomic E-state index is 0.00535. The molecule has 0 aliphatic rings. The number of allylic oxidation sites excluding steroid dienone is 1. The number of amides is 1. The van der Waals surface area contributed by atoms with Gasteiger partial charge in [0.05, 0.1) is 30.0 Å². The van der Waals surface area contributed by atoms with E-state index in [9.17, 15) is 9.59 Å². The number of aromatic nitrogens is 1. The van der Waals surface area contributed by atoms with E-state index in [0.717, 1.165) is 41.4 Å². The molecule has 0 aliphatic heterocycles. The second-order valence-corrected chi connectivity index (χ2v) is 28.4. The quantitative estimate of drug-likeness (QED) is 0.0646. The van der Waals surface area contributed by atoms with Crippen LogP contribution >= 0.6 is 11.3 Å². The first-order valence-corrected chi connectivity index (χ1v) is 24.8. The van der Waals surface area contributed by atoms with Gasteiger partial charge < -0.3 is 8.85 Å². The normalized spacial score (nSPS) is 16.7. The summed E-state index contributed by atoms with van der Waals surface area (Å²) in [6.45, 7) is 36.6. The molecule has 1 aromatic rings. The van der Waals surface area contributed by atoms with Crippen LogP contribution in [0.2, 0.25) is 36.3 Å². The van der Waals surface area contributed by atoms with Crippen molar-refractivity contribution in [3.63, 3.8) is 0 Å². The lowest BCUT2D eigenvalue weighted by atomic mass is 9.76. The molecule has 0 spiro atoms. The van der Waals surface area contributed by atoms with Crippen molar-refractivity contribution in [2.24, 2.45) is 17.3 Å². The lowest BCUT2D eigenvalue weighted by Crippen LogP contribution is -2.52. The van der Waals surface area contributed by atoms with Gasteiger partial charge in [-0.1, -0.05) is 67.0 Å². The Bertz CT molecular complexity index is 1300. The lowest BCUT2D eigenvalue weighted by molar-refractivity contribution is -0.181. The lowest BCUT2D eigenvalue weighted by Gasteiger charge is -2.43. The Morgan fingerprint density at radius 2 is 1.49 bits per heavy atom. The SMILES string of the molecule is CON(C)C(=O)C(C)(C)C(=O)[C@H](C)[C@@H](O[Si](C)(C)C(C)(C)C)[C@@H](C)CCCC(C)=CC[C@H](O[Si](C)(C)C(C)(C)C)C(C)=Cc1csc(C)n1. The van der Waals surface area contributed by atoms with E-state index in [1.54, 1.807) is 32.2 Å². The number of carbonyl (C=O) groups excluding carboxylic acids is 2. The Labute approximate surface area is 306 Å². The first-order chi connectivity index (χ1) is 22.1. The summed E-state index contributed by atoms with van der Waals surface area (Å²) < 4.78 is 14.0. The third-order valence-electron chi connectivity index (χ3n) is 11.1. The topological polar surface area (TPSA) is 78.0 Å². The number of ketones is 1. The van der Waals surface area contributed by atoms with E-state index < -0.39 is 28.0 Å². The highest BCUT2D eigenvalue weighted by atomic mass is 32.1. The highest BCUT2D eigenvalue weighted by Gasteiger charge is 2.47. The number of hydrogen-bond donors (Lipinski definition) is 0. The van der Waals surface area contributed by atoms with Crippen LogP contribution in [0.15, 0.2) is 22.6 Å². The van der Waals surface area contributed by atoms with E-state index in [1.165, 1.54) is 18.3 Å². The van der Waals surface area contributed by atoms with Gasteiger partial charge in [-0.3, -0.25) is 14.4 Å². The Morgan fingerprint density at radius 3 is 1.96 bits per heavy atom. The molecule has 0 aliphatic carbocycles. The molecule has 1 heterocycles. The Morgan fingerprint density at radius 1 is 0.959 bits per heavy atom. The number of Topliss-reactive ketones (excluding diaryl/α,β-unsaturated/α-hetero) is 1. The van der Waals surface area contributed by atoms with Crippen molar-refractivity contribution in [2.45, 2.75) is 164 Å². The number of hydroxylamine groups is 2. The van der Waals surface area contributed by atoms with Crippen molar-refractivity contribution in [1.82, 2.24) is 10.0 Å². The van der Waals surface area contributed by atoms with Crippen molar-refractivity contribution in [2.75, 3.05) is 14.2 Å². The summed E-state index contributed by atoms with van der Waals surface area (Å²) in [5.74, 6) is -0.783. The third kappa shape index (κ3) is 12.9. The zero-order valence-electron chi connectivity index (χ0n) is 34.7. The standard InChI is InChI=1S/C39H72N2O5SSi2/c1-27(23-24-33(45-48(16,17)37(6,7)8)29(3)25-32-26-47-31(5)40-32)21-20-22-28(2)34(46-49(18,19)38(9,10)11)30(4)35(42)39(12,13)36(43)41(14)44-15/h23,25-26,28,30,33-34H,20-22,24H2,1-19H3/t28-,30+,33-,34-/m0/s1. The number of hydrogen-bond acceptors (Lipinski definition) is 7. The number of nitrogens with zero attached hydrogens (tertiary/aromatic N) is 2. The maximum atomic E-state index is 14.0. The number of carbonyl (C=O) groups is 2. The molecule has 0 fully saturated rings. The predicted octanol–water partition coefficient (Wildman–Crippen LogP) is 11.0. The van der Waals surface area contributed by atoms with Crippen molar-refractivity contribution in [3.8, 4) is 0 Å². The second-order valence-electron chi connectivity index (χ2n) is 17.8. The molecule has 4 atom stereocenters. The van der Waals surface area contributed by atoms with Gasteiger partial charge in [-0.05, 0) is 114 Å². The van der Waals surface area contributed by atoms with Gasteiger partial charge in [0.15, 0.2) is 22.4 Å². The van der Waals surface area contributed by atoms with Crippen molar-refractivity contribution >= 4 is 45.7 Å². The Hall–Kier alpha value is -1.44. The van der Waals surface area contributed by atoms with Crippen LogP contribution in [0, 0.1) is 24.2 Å². The molecule has 0 unspecified atom stereocenters. The van der Waals surface area contributed by atoms with Crippen LogP contribution < -0.4 is 0 Å². The van der Waals surface area contributed by atoms with Crippen LogP contribution in [0.1, 0.15) is 119 Å². The molecule has 7 nitrogen and oxygen atoms in total. The zero-order chi connectivity index (χ0) is 38.3. The Balaban J connectivity index is 3.20. The summed E-state index contributed by atoms with van der Waals surface area (Å²) >= 11 is 1.67. The number of thiazole rings is 1. The average Bonchev–Trinajstić information content (AvgIpc) is 3.38. The van der Waals surface area contributed by atoms with Crippen LogP contribution in [-0.2, 0) is 23.3 Å². The molecule has 10 heteroatoms. The van der Waals surface area contributed by atoms with E-state index in [2.05, 4.69) is 111 Å². The van der Waals surface area contributed by atoms with Crippen molar-refractivity contribution in [1.29, 1.82) is 0 Å². The molecule has 282 valence electrons. The monoisotopic (exact) mass is 736 g/mol. The maximum Gasteiger partial charge on any atom is 0.258 e. The summed E-state index contributed by atoms with van der Waals surface area (Å²) in [4.78, 5) is 36.9. The van der Waals surface area contributed by atoms with E-state index in [1.807, 2.05) is 13.8 Å². The van der Waals surface area contributed by atoms with Crippen LogP contribution in [0.25, 0.3) is 6.08 Å². The minimum atomic E-state index is -2.22. The molecule has 0 saturated carbocycles. The van der Waals surface area contributed by atoms with Gasteiger partial charge >= 0.3 is 0 Å². The summed E-state index contributed by atoms with van der Waals surface area (Å²) in [5.41, 5.74) is 2.31. The van der Waals surface area contributed by atoms with Gasteiger partial charge in [0.2, 0.25) is 0 Å². The first kappa shape index (κ1) is 45.6. The largest absolute Gasteiger partial charge is 0.413 e. The fraction of sp³-hybridized carbons (Fsp3) is 0.769. The van der Waals surface area contributed by atoms with Crippen molar-refractivity contribution < 1.29 is 23.3 Å². The van der Waals surface area contributed by atoms with E-state index in [4.69, 9.17) is 13.7 Å². The Kier molecular flexibility index (Phi) is 16.6. The third-order valence-corrected chi connectivity index (χ3v) is 20.8.